The molecule has 0 heterocycles. The van der Waals surface area contributed by atoms with E-state index in [2.05, 4.69) is 75.8 Å². The largest absolute Gasteiger partial charge is 3.00 e. The van der Waals surface area contributed by atoms with Gasteiger partial charge in [0.25, 0.3) is 0 Å². The first-order valence-electron chi connectivity index (χ1n) is 20.1. The summed E-state index contributed by atoms with van der Waals surface area (Å²) in [6.07, 6.45) is 8.11. The quantitative estimate of drug-likeness (QED) is 0.0461. The van der Waals surface area contributed by atoms with Gasteiger partial charge in [-0.3, -0.25) is 0 Å². The monoisotopic (exact) mass is 1070 g/mol. The van der Waals surface area contributed by atoms with Gasteiger partial charge in [-0.05, 0) is 11.8 Å². The molecule has 65 heavy (non-hydrogen) atoms. The number of hydrogen-bond donors (Lipinski definition) is 0. The van der Waals surface area contributed by atoms with E-state index in [4.69, 9.17) is 21.1 Å². The Balaban J connectivity index is -0.000000384. The molecule has 1 N–H and O–H groups in total. The Morgan fingerprint density at radius 1 is 0.477 bits per heavy atom. The molecule has 0 aliphatic heterocycles. The standard InChI is InChI=1S/C22H30N2O.4C7H5O.C3H7.NO.Ni.2Zr/c1-17(2)19-9-5-7-11-21(19)23-13-15-25-16-14-24-22-12-8-6-10-20(22)18(3)4;4*8-6-7-4-2-1-3-5-7;1-3-2;1-2;;;/h5-12,17-18H,13-16H2,1-4H3;4*1-5H;1,3H2,2H3;;;;/q-2;6*-1;2*+2;+3/p+1. The maximum Gasteiger partial charge on any atom is 3.00 e. The zero-order valence-electron chi connectivity index (χ0n) is 37.7. The van der Waals surface area contributed by atoms with Crippen LogP contribution in [-0.2, 0) is 88.1 Å². The normalized spacial score (nSPS) is 8.80. The molecular weight excluding hydrogens is 1020 g/mol. The van der Waals surface area contributed by atoms with E-state index in [-0.39, 0.29) is 68.9 Å². The number of ether oxygens (including phenoxy) is 1. The number of hydrogen-bond acceptors (Lipinski definition) is 5. The van der Waals surface area contributed by atoms with E-state index in [1.54, 1.807) is 122 Å². The zero-order valence-corrected chi connectivity index (χ0v) is 43.6. The fourth-order valence-corrected chi connectivity index (χ4v) is 4.86. The molecule has 6 aromatic rings. The van der Waals surface area contributed by atoms with Crippen LogP contribution < -0.4 is 0 Å². The van der Waals surface area contributed by atoms with Crippen molar-refractivity contribution in [2.45, 2.75) is 52.9 Å². The number of nitroso groups, excluding NO2 is 1. The van der Waals surface area contributed by atoms with E-state index in [1.165, 1.54) is 11.1 Å². The maximum absolute atomic E-state index is 9.88. The first-order valence-corrected chi connectivity index (χ1v) is 20.1. The molecule has 1 radical (unpaired) electrons. The van der Waals surface area contributed by atoms with Gasteiger partial charge in [-0.25, -0.2) is 0 Å². The molecule has 0 fully saturated rings. The molecule has 9 nitrogen and oxygen atoms in total. The van der Waals surface area contributed by atoms with Crippen molar-refractivity contribution in [2.75, 3.05) is 26.3 Å². The molecule has 0 aromatic heterocycles. The average Bonchev–Trinajstić information content (AvgIpc) is 3.34. The summed E-state index contributed by atoms with van der Waals surface area (Å²) < 4.78 is 4.56. The van der Waals surface area contributed by atoms with E-state index >= 15 is 0 Å². The van der Waals surface area contributed by atoms with Gasteiger partial charge in [0, 0.05) is 0 Å². The number of carbonyl (C=O) groups excluding carboxylic acids is 4. The van der Waals surface area contributed by atoms with Crippen molar-refractivity contribution < 1.29 is 92.8 Å². The molecule has 0 unspecified atom stereocenters. The Bertz CT molecular complexity index is 1770. The van der Waals surface area contributed by atoms with Crippen molar-refractivity contribution in [1.29, 1.82) is 0 Å². The Morgan fingerprint density at radius 2 is 0.692 bits per heavy atom. The van der Waals surface area contributed by atoms with Gasteiger partial charge in [0.05, 0.1) is 25.1 Å². The first-order chi connectivity index (χ1) is 30.2. The van der Waals surface area contributed by atoms with Gasteiger partial charge in [0.15, 0.2) is 0 Å². The third kappa shape index (κ3) is 34.4. The Kier molecular flexibility index (Phi) is 48.9. The predicted octanol–water partition coefficient (Wildman–Crippen LogP) is 12.3. The van der Waals surface area contributed by atoms with E-state index in [0.29, 0.717) is 34.1 Å². The molecule has 0 aliphatic rings. The zero-order chi connectivity index (χ0) is 46.1. The summed E-state index contributed by atoms with van der Waals surface area (Å²) in [6, 6.07) is 52.4. The van der Waals surface area contributed by atoms with Crippen molar-refractivity contribution in [1.82, 2.24) is 0 Å². The van der Waals surface area contributed by atoms with Gasteiger partial charge in [0.1, 0.15) is 13.2 Å². The number of benzene rings is 6. The minimum Gasteiger partial charge on any atom is -0.678 e. The molecule has 0 aliphatic carbocycles. The van der Waals surface area contributed by atoms with Gasteiger partial charge in [-0.1, -0.05) is 132 Å². The molecule has 0 atom stereocenters. The minimum absolute atomic E-state index is 0. The van der Waals surface area contributed by atoms with E-state index in [9.17, 15) is 19.2 Å². The second-order valence-electron chi connectivity index (χ2n) is 13.2. The van der Waals surface area contributed by atoms with E-state index < -0.39 is 0 Å². The smallest absolute Gasteiger partial charge is 0.678 e. The molecule has 0 amide bonds. The SMILES string of the molecule is CC(C)c1ccccc1[N-]CC[OH+]CC[N-]c1ccccc1C(C)C.O=[C-]c1ccccc1.O=[C-]c1ccccc1.O=[C-]c1ccccc1.O=[C-]c1ccccc1.[CH2-]CC.[N-]=O.[Ni+2].[Zr+2].[Zr+3]. The Morgan fingerprint density at radius 3 is 0.892 bits per heavy atom. The fraction of sp³-hybridized carbons (Fsp3) is 0.226. The van der Waals surface area contributed by atoms with Crippen LogP contribution in [0.3, 0.4) is 0 Å². The molecule has 0 bridgehead atoms. The van der Waals surface area contributed by atoms with Crippen LogP contribution in [0.5, 0.6) is 0 Å². The van der Waals surface area contributed by atoms with E-state index in [1.807, 2.05) is 43.3 Å². The molecule has 6 aromatic carbocycles. The third-order valence-electron chi connectivity index (χ3n) is 7.76. The summed E-state index contributed by atoms with van der Waals surface area (Å²) >= 11 is 0. The van der Waals surface area contributed by atoms with Gasteiger partial charge in [-0.15, -0.1) is 59.9 Å². The third-order valence-corrected chi connectivity index (χ3v) is 7.76. The number of rotatable bonds is 14. The van der Waals surface area contributed by atoms with Crippen LogP contribution in [0.4, 0.5) is 11.4 Å². The second-order valence-corrected chi connectivity index (χ2v) is 13.2. The van der Waals surface area contributed by atoms with Gasteiger partial charge in [0.2, 0.25) is 0 Å². The van der Waals surface area contributed by atoms with Crippen molar-refractivity contribution in [3.63, 3.8) is 0 Å². The van der Waals surface area contributed by atoms with Gasteiger partial charge >= 0.3 is 68.9 Å². The summed E-state index contributed by atoms with van der Waals surface area (Å²) in [6.45, 7) is 17.3. The van der Waals surface area contributed by atoms with Crippen molar-refractivity contribution in [3.05, 3.63) is 231 Å². The summed E-state index contributed by atoms with van der Waals surface area (Å²) in [5.74, 6) is 0.994. The Labute approximate surface area is 436 Å². The van der Waals surface area contributed by atoms with Crippen LogP contribution in [-0.4, -0.2) is 56.2 Å². The van der Waals surface area contributed by atoms with Crippen LogP contribution >= 0.6 is 0 Å². The predicted molar refractivity (Wildman–Crippen MR) is 256 cm³/mol. The molecule has 6 rings (SSSR count). The van der Waals surface area contributed by atoms with Crippen LogP contribution in [0.25, 0.3) is 16.2 Å². The first kappa shape index (κ1) is 67.0. The minimum atomic E-state index is 0. The number of nitrogens with zero attached hydrogens (tertiary/aromatic N) is 3. The molecule has 339 valence electrons. The van der Waals surface area contributed by atoms with E-state index in [0.717, 1.165) is 44.1 Å². The van der Waals surface area contributed by atoms with Crippen molar-refractivity contribution in [3.8, 4) is 0 Å². The summed E-state index contributed by atoms with van der Waals surface area (Å²) in [5.41, 5.74) is 13.0. The summed E-state index contributed by atoms with van der Waals surface area (Å²) in [5, 5.41) is 9.39. The molecule has 0 spiro atoms. The molecule has 12 heteroatoms. The summed E-state index contributed by atoms with van der Waals surface area (Å²) in [7, 11) is 0. The molecule has 0 saturated heterocycles. The number of aliphatic hydroxyl groups is 2. The summed E-state index contributed by atoms with van der Waals surface area (Å²) in [4.78, 5) is 46.8. The van der Waals surface area contributed by atoms with Crippen molar-refractivity contribution >= 4 is 36.5 Å². The topological polar surface area (TPSA) is 149 Å². The van der Waals surface area contributed by atoms with Gasteiger partial charge < -0.3 is 52.0 Å². The Hall–Kier alpha value is -4.58. The molecule has 0 saturated carbocycles. The molecular formula is C53H58N3NiO6Zr2. The van der Waals surface area contributed by atoms with Crippen LogP contribution in [0, 0.1) is 11.8 Å². The maximum atomic E-state index is 9.88. The fourth-order valence-electron chi connectivity index (χ4n) is 4.86. The van der Waals surface area contributed by atoms with Crippen LogP contribution in [0.15, 0.2) is 170 Å². The average molecular weight is 1070 g/mol. The van der Waals surface area contributed by atoms with Crippen LogP contribution in [0.1, 0.15) is 86.3 Å². The van der Waals surface area contributed by atoms with Crippen LogP contribution in [0.2, 0.25) is 0 Å². The van der Waals surface area contributed by atoms with Gasteiger partial charge in [-0.2, -0.15) is 77.2 Å². The second kappa shape index (κ2) is 47.4. The van der Waals surface area contributed by atoms with Crippen molar-refractivity contribution in [2.24, 2.45) is 0 Å². The number of para-hydroxylation sites is 2.